The molecule has 3 heterocycles. The van der Waals surface area contributed by atoms with Gasteiger partial charge in [0.05, 0.1) is 33.3 Å². The second-order valence-electron chi connectivity index (χ2n) is 12.5. The normalized spacial score (nSPS) is 20.6. The summed E-state index contributed by atoms with van der Waals surface area (Å²) < 4.78 is 74.9. The maximum Gasteiger partial charge on any atom is 0.392 e. The summed E-state index contributed by atoms with van der Waals surface area (Å²) in [4.78, 5) is 31.9. The van der Waals surface area contributed by atoms with Crippen LogP contribution in [0.4, 0.5) is 22.0 Å². The van der Waals surface area contributed by atoms with Gasteiger partial charge < -0.3 is 15.5 Å². The van der Waals surface area contributed by atoms with E-state index in [4.69, 9.17) is 15.1 Å². The van der Waals surface area contributed by atoms with Crippen LogP contribution in [0.3, 0.4) is 0 Å². The van der Waals surface area contributed by atoms with Crippen molar-refractivity contribution in [3.63, 3.8) is 0 Å². The van der Waals surface area contributed by atoms with E-state index in [1.54, 1.807) is 13.0 Å². The molecular weight excluding hydrogens is 629 g/mol. The van der Waals surface area contributed by atoms with Crippen LogP contribution in [0.2, 0.25) is 0 Å². The van der Waals surface area contributed by atoms with Gasteiger partial charge in [-0.05, 0) is 67.3 Å². The summed E-state index contributed by atoms with van der Waals surface area (Å²) in [6.45, 7) is 5.34. The molecule has 1 atom stereocenters. The lowest BCUT2D eigenvalue weighted by Crippen LogP contribution is -2.36. The van der Waals surface area contributed by atoms with E-state index in [2.05, 4.69) is 15.5 Å². The number of aryl methyl sites for hydroxylation is 1. The molecule has 0 spiro atoms. The lowest BCUT2D eigenvalue weighted by molar-refractivity contribution is -0.180. The Labute approximate surface area is 264 Å². The number of rotatable bonds is 9. The number of nitrogens with zero attached hydrogens (tertiary/aromatic N) is 3. The molecule has 1 unspecified atom stereocenters. The summed E-state index contributed by atoms with van der Waals surface area (Å²) in [7, 11) is 0. The number of hydrogen-bond acceptors (Lipinski definition) is 7. The molecule has 3 aliphatic carbocycles. The number of halogens is 5. The first kappa shape index (κ1) is 31.8. The second-order valence-corrected chi connectivity index (χ2v) is 13.6. The summed E-state index contributed by atoms with van der Waals surface area (Å²) in [5.41, 5.74) is 6.67. The van der Waals surface area contributed by atoms with Gasteiger partial charge in [-0.1, -0.05) is 19.9 Å². The van der Waals surface area contributed by atoms with Gasteiger partial charge in [0.15, 0.2) is 11.6 Å². The topological polar surface area (TPSA) is 124 Å². The fourth-order valence-electron chi connectivity index (χ4n) is 6.84. The van der Waals surface area contributed by atoms with E-state index in [1.165, 1.54) is 12.1 Å². The van der Waals surface area contributed by atoms with Gasteiger partial charge in [0.25, 0.3) is 11.8 Å². The molecule has 0 saturated heterocycles. The lowest BCUT2D eigenvalue weighted by Gasteiger charge is -2.40. The van der Waals surface area contributed by atoms with Gasteiger partial charge in [0.1, 0.15) is 0 Å². The van der Waals surface area contributed by atoms with Crippen LogP contribution in [0.1, 0.15) is 76.0 Å². The second kappa shape index (κ2) is 11.6. The van der Waals surface area contributed by atoms with Crippen molar-refractivity contribution in [2.75, 3.05) is 0 Å². The third kappa shape index (κ3) is 5.67. The number of nitrogens with one attached hydrogen (secondary N) is 1. The highest BCUT2D eigenvalue weighted by Gasteiger charge is 2.65. The maximum absolute atomic E-state index is 14.0. The number of carbonyl (C=O) groups is 2. The van der Waals surface area contributed by atoms with E-state index in [-0.39, 0.29) is 65.1 Å². The summed E-state index contributed by atoms with van der Waals surface area (Å²) in [6, 6.07) is 6.44. The van der Waals surface area contributed by atoms with Gasteiger partial charge in [0, 0.05) is 29.3 Å². The fraction of sp³-hybridized carbons (Fsp3) is 0.406. The van der Waals surface area contributed by atoms with Crippen molar-refractivity contribution in [2.45, 2.75) is 64.6 Å². The molecule has 46 heavy (non-hydrogen) atoms. The number of aromatic nitrogens is 3. The first-order valence-corrected chi connectivity index (χ1v) is 15.5. The van der Waals surface area contributed by atoms with E-state index in [9.17, 15) is 31.5 Å². The van der Waals surface area contributed by atoms with Crippen LogP contribution in [-0.2, 0) is 18.4 Å². The molecule has 7 rings (SSSR count). The van der Waals surface area contributed by atoms with Crippen molar-refractivity contribution < 1.29 is 36.0 Å². The largest absolute Gasteiger partial charge is 0.421 e. The Balaban J connectivity index is 1.49. The highest BCUT2D eigenvalue weighted by atomic mass is 32.1. The van der Waals surface area contributed by atoms with Crippen LogP contribution in [0.25, 0.3) is 21.9 Å². The fourth-order valence-corrected chi connectivity index (χ4v) is 7.82. The molecular formula is C32H30F5N5O3S. The molecule has 0 aliphatic heterocycles. The monoisotopic (exact) mass is 659 g/mol. The van der Waals surface area contributed by atoms with Crippen LogP contribution in [-0.4, -0.2) is 33.2 Å². The van der Waals surface area contributed by atoms with Gasteiger partial charge in [-0.3, -0.25) is 14.6 Å². The minimum Gasteiger partial charge on any atom is -0.421 e. The number of thiophene rings is 1. The van der Waals surface area contributed by atoms with Crippen molar-refractivity contribution in [1.29, 1.82) is 0 Å². The first-order valence-electron chi connectivity index (χ1n) is 14.7. The van der Waals surface area contributed by atoms with E-state index in [1.807, 2.05) is 13.8 Å². The average molecular weight is 660 g/mol. The molecule has 242 valence electrons. The highest BCUT2D eigenvalue weighted by Crippen LogP contribution is 2.67. The first-order chi connectivity index (χ1) is 21.7. The SMILES string of the molecule is Cc1nnc(-c2c(C34CC(C3)C(C(F)(F)F)C4)nc(CC(C)C)c(C(N)=O)c2-c2ccc(C(=O)NCc3ccc(F)c(F)c3)s2)o1. The van der Waals surface area contributed by atoms with Gasteiger partial charge in [-0.25, -0.2) is 8.78 Å². The van der Waals surface area contributed by atoms with Crippen molar-refractivity contribution >= 4 is 23.2 Å². The number of amides is 2. The van der Waals surface area contributed by atoms with Crippen LogP contribution >= 0.6 is 11.3 Å². The molecule has 3 fully saturated rings. The number of hydrogen-bond donors (Lipinski definition) is 2. The number of pyridine rings is 1. The van der Waals surface area contributed by atoms with Crippen LogP contribution in [0.15, 0.2) is 34.7 Å². The molecule has 2 bridgehead atoms. The lowest BCUT2D eigenvalue weighted by atomic mass is 9.65. The van der Waals surface area contributed by atoms with E-state index in [0.29, 0.717) is 28.2 Å². The Bertz CT molecular complexity index is 1840. The number of carbonyl (C=O) groups excluding carboxylic acids is 2. The summed E-state index contributed by atoms with van der Waals surface area (Å²) in [5, 5.41) is 10.8. The third-order valence-electron chi connectivity index (χ3n) is 8.78. The van der Waals surface area contributed by atoms with Crippen molar-refractivity contribution in [3.8, 4) is 21.9 Å². The van der Waals surface area contributed by atoms with Gasteiger partial charge in [-0.2, -0.15) is 13.2 Å². The van der Waals surface area contributed by atoms with E-state index in [0.717, 1.165) is 23.5 Å². The molecule has 3 aliphatic rings. The smallest absolute Gasteiger partial charge is 0.392 e. The molecule has 3 N–H and O–H groups in total. The Kier molecular flexibility index (Phi) is 7.98. The van der Waals surface area contributed by atoms with Crippen molar-refractivity contribution in [2.24, 2.45) is 23.5 Å². The summed E-state index contributed by atoms with van der Waals surface area (Å²) in [5.74, 6) is -5.19. The molecule has 2 amide bonds. The van der Waals surface area contributed by atoms with Crippen LogP contribution in [0, 0.1) is 36.3 Å². The molecule has 8 nitrogen and oxygen atoms in total. The maximum atomic E-state index is 14.0. The van der Waals surface area contributed by atoms with Crippen molar-refractivity contribution in [1.82, 2.24) is 20.5 Å². The Morgan fingerprint density at radius 1 is 1.09 bits per heavy atom. The molecule has 0 radical (unpaired) electrons. The van der Waals surface area contributed by atoms with Crippen LogP contribution < -0.4 is 11.1 Å². The highest BCUT2D eigenvalue weighted by molar-refractivity contribution is 7.17. The van der Waals surface area contributed by atoms with Gasteiger partial charge in [0.2, 0.25) is 11.8 Å². The van der Waals surface area contributed by atoms with Gasteiger partial charge >= 0.3 is 6.18 Å². The Morgan fingerprint density at radius 3 is 2.41 bits per heavy atom. The zero-order chi connectivity index (χ0) is 33.1. The number of alkyl halides is 3. The molecule has 1 aromatic carbocycles. The standard InChI is InChI=1S/C32H30F5N5O3S/c1-14(2)8-21-24(28(38)43)25(22-6-7-23(46-22)29(44)39-13-16-4-5-19(33)20(34)9-16)26(30-42-41-15(3)45-30)27(40-21)31-10-17(11-31)18(12-31)32(35,36)37/h4-7,9,14,17-18H,8,10-13H2,1-3H3,(H2,38,43)(H,39,44). The quantitative estimate of drug-likeness (QED) is 0.188. The Morgan fingerprint density at radius 2 is 1.83 bits per heavy atom. The number of primary amides is 1. The number of nitrogens with two attached hydrogens (primary N) is 1. The summed E-state index contributed by atoms with van der Waals surface area (Å²) in [6.07, 6.45) is -3.67. The minimum atomic E-state index is -4.36. The van der Waals surface area contributed by atoms with Crippen molar-refractivity contribution in [3.05, 3.63) is 75.2 Å². The van der Waals surface area contributed by atoms with Gasteiger partial charge in [-0.15, -0.1) is 21.5 Å². The molecule has 4 aromatic rings. The Hall–Kier alpha value is -4.20. The predicted octanol–water partition coefficient (Wildman–Crippen LogP) is 6.90. The predicted molar refractivity (Wildman–Crippen MR) is 159 cm³/mol. The number of fused-ring (bicyclic) bond motifs is 1. The van der Waals surface area contributed by atoms with E-state index < -0.39 is 46.9 Å². The van der Waals surface area contributed by atoms with E-state index >= 15 is 0 Å². The average Bonchev–Trinajstić information content (AvgIpc) is 3.75. The zero-order valence-corrected chi connectivity index (χ0v) is 25.9. The number of benzene rings is 1. The van der Waals surface area contributed by atoms with Crippen LogP contribution in [0.5, 0.6) is 0 Å². The summed E-state index contributed by atoms with van der Waals surface area (Å²) >= 11 is 1.03. The minimum absolute atomic E-state index is 0.0142. The molecule has 3 saturated carbocycles. The third-order valence-corrected chi connectivity index (χ3v) is 9.88. The molecule has 14 heteroatoms. The molecule has 3 aromatic heterocycles. The zero-order valence-electron chi connectivity index (χ0n) is 25.1.